The third kappa shape index (κ3) is 3.71. The van der Waals surface area contributed by atoms with Gasteiger partial charge in [0, 0.05) is 11.8 Å². The van der Waals surface area contributed by atoms with E-state index in [1.807, 2.05) is 0 Å². The van der Waals surface area contributed by atoms with Gasteiger partial charge in [-0.15, -0.1) is 0 Å². The van der Waals surface area contributed by atoms with Crippen LogP contribution in [0.2, 0.25) is 0 Å². The molecule has 0 saturated heterocycles. The molecule has 3 aromatic rings. The van der Waals surface area contributed by atoms with E-state index < -0.39 is 41.6 Å². The van der Waals surface area contributed by atoms with Crippen LogP contribution in [0.15, 0.2) is 33.7 Å². The third-order valence-electron chi connectivity index (χ3n) is 5.63. The number of fused-ring (bicyclic) bond motifs is 1. The minimum absolute atomic E-state index is 0.0528. The first-order valence-electron chi connectivity index (χ1n) is 9.67. The first-order valence-corrected chi connectivity index (χ1v) is 10.5. The minimum atomic E-state index is -2.94. The molecule has 31 heavy (non-hydrogen) atoms. The molecule has 0 amide bonds. The fourth-order valence-corrected chi connectivity index (χ4v) is 4.16. The molecule has 1 aliphatic carbocycles. The Balaban J connectivity index is 1.83. The Bertz CT molecular complexity index is 1230. The van der Waals surface area contributed by atoms with E-state index in [-0.39, 0.29) is 10.0 Å². The van der Waals surface area contributed by atoms with E-state index in [0.29, 0.717) is 35.4 Å². The minimum Gasteiger partial charge on any atom is -0.363 e. The van der Waals surface area contributed by atoms with Gasteiger partial charge in [0.05, 0.1) is 28.0 Å². The van der Waals surface area contributed by atoms with Gasteiger partial charge in [-0.25, -0.2) is 27.5 Å². The van der Waals surface area contributed by atoms with E-state index in [1.54, 1.807) is 13.8 Å². The van der Waals surface area contributed by atoms with Gasteiger partial charge in [0.15, 0.2) is 0 Å². The number of alkyl halides is 3. The number of pyridine rings is 1. The Morgan fingerprint density at radius 3 is 2.55 bits per heavy atom. The van der Waals surface area contributed by atoms with Crippen LogP contribution in [-0.4, -0.2) is 21.2 Å². The lowest BCUT2D eigenvalue weighted by molar-refractivity contribution is 0.146. The fourth-order valence-electron chi connectivity index (χ4n) is 3.67. The predicted molar refractivity (Wildman–Crippen MR) is 113 cm³/mol. The first kappa shape index (κ1) is 21.7. The number of nitrogens with one attached hydrogen (secondary N) is 1. The molecule has 2 aromatic heterocycles. The molecule has 0 aliphatic heterocycles. The summed E-state index contributed by atoms with van der Waals surface area (Å²) in [6.07, 6.45) is -0.345. The quantitative estimate of drug-likeness (QED) is 0.451. The molecule has 4 rings (SSSR count). The van der Waals surface area contributed by atoms with E-state index in [9.17, 15) is 22.4 Å². The summed E-state index contributed by atoms with van der Waals surface area (Å²) in [5.74, 6) is -0.338. The number of aryl methyl sites for hydroxylation is 1. The van der Waals surface area contributed by atoms with Gasteiger partial charge < -0.3 is 9.88 Å². The lowest BCUT2D eigenvalue weighted by atomic mass is 10.0. The summed E-state index contributed by atoms with van der Waals surface area (Å²) < 4.78 is 56.0. The average Bonchev–Trinajstić information content (AvgIpc) is 3.52. The maximum absolute atomic E-state index is 14.6. The monoisotopic (exact) mass is 498 g/mol. The van der Waals surface area contributed by atoms with E-state index in [1.165, 1.54) is 22.9 Å². The lowest BCUT2D eigenvalue weighted by Gasteiger charge is -2.21. The van der Waals surface area contributed by atoms with Gasteiger partial charge in [-0.05, 0) is 42.6 Å². The van der Waals surface area contributed by atoms with Crippen molar-refractivity contribution in [2.45, 2.75) is 44.7 Å². The summed E-state index contributed by atoms with van der Waals surface area (Å²) in [5, 5.41) is 3.49. The van der Waals surface area contributed by atoms with Crippen LogP contribution in [-0.2, 0) is 5.54 Å². The second-order valence-electron chi connectivity index (χ2n) is 7.78. The Labute approximate surface area is 183 Å². The smallest absolute Gasteiger partial charge is 0.267 e. The molecule has 1 saturated carbocycles. The van der Waals surface area contributed by atoms with Crippen molar-refractivity contribution in [3.8, 4) is 0 Å². The number of hydrogen-bond donors (Lipinski definition) is 1. The highest BCUT2D eigenvalue weighted by Gasteiger charge is 2.46. The normalized spacial score (nSPS) is 16.0. The average molecular weight is 499 g/mol. The summed E-state index contributed by atoms with van der Waals surface area (Å²) in [4.78, 5) is 21.5. The SMILES string of the molecule is Cc1nc(NC(C)c2cccc(C(F)F)c2F)c2cn(C3(CF)CC3)c(=O)c(Br)c2n1. The van der Waals surface area contributed by atoms with Crippen LogP contribution in [0.4, 0.5) is 23.4 Å². The van der Waals surface area contributed by atoms with E-state index in [0.717, 1.165) is 6.07 Å². The van der Waals surface area contributed by atoms with Gasteiger partial charge in [0.2, 0.25) is 0 Å². The number of nitrogens with zero attached hydrogens (tertiary/aromatic N) is 3. The van der Waals surface area contributed by atoms with Crippen LogP contribution in [0.1, 0.15) is 49.2 Å². The summed E-state index contributed by atoms with van der Waals surface area (Å²) in [6.45, 7) is 2.57. The first-order chi connectivity index (χ1) is 14.7. The Morgan fingerprint density at radius 2 is 1.94 bits per heavy atom. The zero-order valence-electron chi connectivity index (χ0n) is 16.7. The van der Waals surface area contributed by atoms with Crippen LogP contribution in [0.25, 0.3) is 10.9 Å². The Hall–Kier alpha value is -2.49. The van der Waals surface area contributed by atoms with E-state index in [2.05, 4.69) is 31.2 Å². The van der Waals surface area contributed by atoms with Crippen molar-refractivity contribution in [1.82, 2.24) is 14.5 Å². The zero-order chi connectivity index (χ0) is 22.5. The topological polar surface area (TPSA) is 59.8 Å². The molecule has 0 bridgehead atoms. The van der Waals surface area contributed by atoms with Crippen LogP contribution in [0.3, 0.4) is 0 Å². The van der Waals surface area contributed by atoms with E-state index in [4.69, 9.17) is 0 Å². The molecule has 1 aliphatic rings. The second kappa shape index (κ2) is 7.89. The maximum atomic E-state index is 14.6. The van der Waals surface area contributed by atoms with Gasteiger partial charge >= 0.3 is 0 Å². The van der Waals surface area contributed by atoms with Crippen LogP contribution >= 0.6 is 15.9 Å². The molecule has 1 unspecified atom stereocenters. The number of anilines is 1. The van der Waals surface area contributed by atoms with Crippen molar-refractivity contribution in [3.05, 3.63) is 62.0 Å². The van der Waals surface area contributed by atoms with Crippen molar-refractivity contribution in [1.29, 1.82) is 0 Å². The summed E-state index contributed by atoms with van der Waals surface area (Å²) in [7, 11) is 0. The highest BCUT2D eigenvalue weighted by atomic mass is 79.9. The zero-order valence-corrected chi connectivity index (χ0v) is 18.3. The lowest BCUT2D eigenvalue weighted by Crippen LogP contribution is -2.32. The molecule has 164 valence electrons. The van der Waals surface area contributed by atoms with E-state index >= 15 is 0 Å². The molecule has 1 atom stereocenters. The predicted octanol–water partition coefficient (Wildman–Crippen LogP) is 5.57. The molecule has 10 heteroatoms. The highest BCUT2D eigenvalue weighted by Crippen LogP contribution is 2.44. The molecular formula is C21H19BrF4N4O. The van der Waals surface area contributed by atoms with Crippen LogP contribution in [0, 0.1) is 12.7 Å². The Kier molecular flexibility index (Phi) is 5.53. The van der Waals surface area contributed by atoms with Gasteiger partial charge in [0.1, 0.15) is 28.6 Å². The van der Waals surface area contributed by atoms with Gasteiger partial charge in [-0.1, -0.05) is 18.2 Å². The molecule has 2 heterocycles. The number of hydrogen-bond acceptors (Lipinski definition) is 4. The van der Waals surface area contributed by atoms with Crippen molar-refractivity contribution in [3.63, 3.8) is 0 Å². The highest BCUT2D eigenvalue weighted by molar-refractivity contribution is 9.10. The molecular weight excluding hydrogens is 480 g/mol. The molecule has 0 radical (unpaired) electrons. The molecule has 1 N–H and O–H groups in total. The van der Waals surface area contributed by atoms with Gasteiger partial charge in [0.25, 0.3) is 12.0 Å². The molecule has 1 fully saturated rings. The van der Waals surface area contributed by atoms with Gasteiger partial charge in [-0.2, -0.15) is 0 Å². The maximum Gasteiger partial charge on any atom is 0.267 e. The largest absolute Gasteiger partial charge is 0.363 e. The number of aromatic nitrogens is 3. The van der Waals surface area contributed by atoms with Crippen molar-refractivity contribution in [2.24, 2.45) is 0 Å². The summed E-state index contributed by atoms with van der Waals surface area (Å²) in [6, 6.07) is 3.12. The third-order valence-corrected chi connectivity index (χ3v) is 6.35. The molecule has 0 spiro atoms. The van der Waals surface area contributed by atoms with Gasteiger partial charge in [-0.3, -0.25) is 4.79 Å². The molecule has 1 aromatic carbocycles. The number of halogens is 5. The van der Waals surface area contributed by atoms with Crippen molar-refractivity contribution >= 4 is 32.7 Å². The summed E-state index contributed by atoms with van der Waals surface area (Å²) >= 11 is 3.28. The fraction of sp³-hybridized carbons (Fsp3) is 0.381. The number of rotatable bonds is 6. The van der Waals surface area contributed by atoms with Crippen LogP contribution in [0.5, 0.6) is 0 Å². The van der Waals surface area contributed by atoms with Crippen LogP contribution < -0.4 is 10.9 Å². The Morgan fingerprint density at radius 1 is 1.26 bits per heavy atom. The summed E-state index contributed by atoms with van der Waals surface area (Å²) in [5.41, 5.74) is -1.56. The standard InChI is InChI=1S/C21H19BrF4N4O/c1-10(12-4-3-5-13(16(12)24)18(25)26)27-19-14-8-30(21(9-23)6-7-21)20(31)15(22)17(14)28-11(2)29-19/h3-5,8,10,18H,6-7,9H2,1-2H3,(H,27,28,29). The van der Waals surface area contributed by atoms with Crippen molar-refractivity contribution in [2.75, 3.05) is 12.0 Å². The number of benzene rings is 1. The van der Waals surface area contributed by atoms with Crippen molar-refractivity contribution < 1.29 is 17.6 Å². The second-order valence-corrected chi connectivity index (χ2v) is 8.57. The molecule has 5 nitrogen and oxygen atoms in total.